The van der Waals surface area contributed by atoms with Gasteiger partial charge in [-0.2, -0.15) is 0 Å². The molecule has 0 aliphatic rings. The lowest BCUT2D eigenvalue weighted by molar-refractivity contribution is -0.137. The lowest BCUT2D eigenvalue weighted by atomic mass is 10.0. The van der Waals surface area contributed by atoms with E-state index in [1.165, 1.54) is 0 Å². The first kappa shape index (κ1) is 20.9. The molecule has 0 unspecified atom stereocenters. The van der Waals surface area contributed by atoms with Gasteiger partial charge in [-0.1, -0.05) is 60.7 Å². The Morgan fingerprint density at radius 1 is 0.844 bits per heavy atom. The van der Waals surface area contributed by atoms with E-state index >= 15 is 0 Å². The Morgan fingerprint density at radius 2 is 1.53 bits per heavy atom. The smallest absolute Gasteiger partial charge is 0.305 e. The fourth-order valence-electron chi connectivity index (χ4n) is 3.52. The maximum Gasteiger partial charge on any atom is 0.305 e. The normalized spacial score (nSPS) is 11.6. The van der Waals surface area contributed by atoms with Gasteiger partial charge in [-0.25, -0.2) is 0 Å². The lowest BCUT2D eigenvalue weighted by Crippen LogP contribution is -2.31. The Kier molecular flexibility index (Phi) is 5.98. The molecule has 2 amide bonds. The van der Waals surface area contributed by atoms with E-state index in [1.807, 2.05) is 30.3 Å². The number of carbonyl (C=O) groups is 3. The number of fused-ring (bicyclic) bond motifs is 1. The van der Waals surface area contributed by atoms with Gasteiger partial charge in [-0.3, -0.25) is 14.4 Å². The number of amides is 2. The molecule has 0 fully saturated rings. The quantitative estimate of drug-likeness (QED) is 0.351. The Morgan fingerprint density at radius 3 is 2.28 bits per heavy atom. The van der Waals surface area contributed by atoms with E-state index in [0.29, 0.717) is 16.9 Å². The molecule has 1 atom stereocenters. The van der Waals surface area contributed by atoms with Crippen molar-refractivity contribution in [1.29, 1.82) is 0 Å². The molecule has 0 aliphatic heterocycles. The Hall–Kier alpha value is -4.39. The highest BCUT2D eigenvalue weighted by molar-refractivity contribution is 6.09. The largest absolute Gasteiger partial charge is 0.481 e. The second-order valence-corrected chi connectivity index (χ2v) is 7.30. The minimum absolute atomic E-state index is 0.239. The van der Waals surface area contributed by atoms with Gasteiger partial charge in [0.1, 0.15) is 5.69 Å². The molecule has 4 rings (SSSR count). The molecule has 1 aromatic heterocycles. The molecule has 4 aromatic rings. The number of hydrogen-bond donors (Lipinski definition) is 4. The molecular formula is C25H21N3O4. The molecule has 0 spiro atoms. The molecular weight excluding hydrogens is 406 g/mol. The zero-order chi connectivity index (χ0) is 22.5. The number of carbonyl (C=O) groups excluding carboxylic acids is 2. The van der Waals surface area contributed by atoms with Gasteiger partial charge < -0.3 is 20.7 Å². The van der Waals surface area contributed by atoms with Crippen LogP contribution in [0.3, 0.4) is 0 Å². The van der Waals surface area contributed by atoms with Gasteiger partial charge in [0.15, 0.2) is 0 Å². The van der Waals surface area contributed by atoms with Crippen LogP contribution in [0.25, 0.3) is 10.9 Å². The van der Waals surface area contributed by atoms with Crippen LogP contribution in [0.15, 0.2) is 84.9 Å². The molecule has 32 heavy (non-hydrogen) atoms. The third kappa shape index (κ3) is 4.67. The molecule has 0 aliphatic carbocycles. The number of hydrogen-bond acceptors (Lipinski definition) is 3. The Bertz CT molecular complexity index is 1250. The minimum atomic E-state index is -1.03. The van der Waals surface area contributed by atoms with Crippen molar-refractivity contribution in [2.24, 2.45) is 0 Å². The van der Waals surface area contributed by atoms with Crippen molar-refractivity contribution in [3.05, 3.63) is 102 Å². The van der Waals surface area contributed by atoms with Crippen molar-refractivity contribution in [3.8, 4) is 0 Å². The number of anilines is 1. The average molecular weight is 427 g/mol. The fourth-order valence-corrected chi connectivity index (χ4v) is 3.52. The second-order valence-electron chi connectivity index (χ2n) is 7.30. The highest BCUT2D eigenvalue weighted by Gasteiger charge is 2.21. The van der Waals surface area contributed by atoms with E-state index < -0.39 is 17.9 Å². The summed E-state index contributed by atoms with van der Waals surface area (Å²) >= 11 is 0. The predicted molar refractivity (Wildman–Crippen MR) is 122 cm³/mol. The van der Waals surface area contributed by atoms with Gasteiger partial charge in [0.05, 0.1) is 23.7 Å². The molecule has 0 saturated heterocycles. The molecule has 0 saturated carbocycles. The van der Waals surface area contributed by atoms with Gasteiger partial charge in [0.25, 0.3) is 11.8 Å². The molecule has 1 heterocycles. The van der Waals surface area contributed by atoms with E-state index in [4.69, 9.17) is 0 Å². The van der Waals surface area contributed by atoms with Crippen LogP contribution in [0.2, 0.25) is 0 Å². The number of aliphatic carboxylic acids is 1. The molecule has 4 N–H and O–H groups in total. The van der Waals surface area contributed by atoms with Crippen molar-refractivity contribution < 1.29 is 19.5 Å². The highest BCUT2D eigenvalue weighted by atomic mass is 16.4. The lowest BCUT2D eigenvalue weighted by Gasteiger charge is -2.19. The first-order chi connectivity index (χ1) is 15.5. The summed E-state index contributed by atoms with van der Waals surface area (Å²) < 4.78 is 0. The molecule has 160 valence electrons. The molecule has 0 bridgehead atoms. The Labute approximate surface area is 184 Å². The van der Waals surface area contributed by atoms with Crippen molar-refractivity contribution in [1.82, 2.24) is 10.3 Å². The van der Waals surface area contributed by atoms with Gasteiger partial charge in [0.2, 0.25) is 0 Å². The van der Waals surface area contributed by atoms with Crippen molar-refractivity contribution >= 4 is 34.4 Å². The average Bonchev–Trinajstić information content (AvgIpc) is 3.24. The minimum Gasteiger partial charge on any atom is -0.481 e. The molecule has 7 heteroatoms. The van der Waals surface area contributed by atoms with E-state index in [1.54, 1.807) is 54.6 Å². The number of aromatic amines is 1. The molecule has 0 radical (unpaired) electrons. The highest BCUT2D eigenvalue weighted by Crippen LogP contribution is 2.22. The maximum atomic E-state index is 13.0. The van der Waals surface area contributed by atoms with Crippen LogP contribution in [0, 0.1) is 0 Å². The third-order valence-corrected chi connectivity index (χ3v) is 5.08. The van der Waals surface area contributed by atoms with Gasteiger partial charge >= 0.3 is 5.97 Å². The van der Waals surface area contributed by atoms with Crippen LogP contribution in [0.5, 0.6) is 0 Å². The van der Waals surface area contributed by atoms with Crippen LogP contribution in [0.1, 0.15) is 38.9 Å². The van der Waals surface area contributed by atoms with Crippen LogP contribution in [-0.4, -0.2) is 27.9 Å². The van der Waals surface area contributed by atoms with Gasteiger partial charge in [0, 0.05) is 10.9 Å². The van der Waals surface area contributed by atoms with Gasteiger partial charge in [-0.15, -0.1) is 0 Å². The van der Waals surface area contributed by atoms with Gasteiger partial charge in [-0.05, 0) is 29.8 Å². The van der Waals surface area contributed by atoms with E-state index in [2.05, 4.69) is 15.6 Å². The fraction of sp³-hybridized carbons (Fsp3) is 0.0800. The zero-order valence-electron chi connectivity index (χ0n) is 17.0. The number of carboxylic acids is 1. The Balaban J connectivity index is 1.56. The molecule has 3 aromatic carbocycles. The summed E-state index contributed by atoms with van der Waals surface area (Å²) in [6.07, 6.45) is -0.265. The number of aromatic nitrogens is 1. The summed E-state index contributed by atoms with van der Waals surface area (Å²) in [6, 6.07) is 24.1. The van der Waals surface area contributed by atoms with Crippen LogP contribution in [-0.2, 0) is 4.79 Å². The zero-order valence-corrected chi connectivity index (χ0v) is 17.0. The van der Waals surface area contributed by atoms with E-state index in [0.717, 1.165) is 10.9 Å². The second kappa shape index (κ2) is 9.18. The maximum absolute atomic E-state index is 13.0. The number of H-pyrrole nitrogens is 1. The van der Waals surface area contributed by atoms with E-state index in [9.17, 15) is 19.5 Å². The first-order valence-electron chi connectivity index (χ1n) is 10.1. The summed E-state index contributed by atoms with van der Waals surface area (Å²) in [5.74, 6) is -1.89. The number of nitrogens with one attached hydrogen (secondary N) is 3. The summed E-state index contributed by atoms with van der Waals surface area (Å²) in [5, 5.41) is 15.7. The van der Waals surface area contributed by atoms with E-state index in [-0.39, 0.29) is 17.9 Å². The van der Waals surface area contributed by atoms with Crippen molar-refractivity contribution in [2.45, 2.75) is 12.5 Å². The SMILES string of the molecule is O=C(O)C[C@@H](NC(=O)c1ccccc1NC(=O)c1cc2ccccc2[nH]1)c1ccccc1. The first-order valence-corrected chi connectivity index (χ1v) is 10.1. The van der Waals surface area contributed by atoms with Crippen molar-refractivity contribution in [2.75, 3.05) is 5.32 Å². The summed E-state index contributed by atoms with van der Waals surface area (Å²) in [6.45, 7) is 0. The monoisotopic (exact) mass is 427 g/mol. The van der Waals surface area contributed by atoms with Crippen LogP contribution in [0.4, 0.5) is 5.69 Å². The number of carboxylic acid groups (broad SMARTS) is 1. The summed E-state index contributed by atoms with van der Waals surface area (Å²) in [7, 11) is 0. The number of para-hydroxylation sites is 2. The summed E-state index contributed by atoms with van der Waals surface area (Å²) in [4.78, 5) is 40.2. The predicted octanol–water partition coefficient (Wildman–Crippen LogP) is 4.37. The number of benzene rings is 3. The van der Waals surface area contributed by atoms with Crippen LogP contribution < -0.4 is 10.6 Å². The number of rotatable bonds is 7. The third-order valence-electron chi connectivity index (χ3n) is 5.08. The standard InChI is InChI=1S/C25H21N3O4/c29-23(30)15-21(16-8-2-1-3-9-16)28-24(31)18-11-5-7-13-20(18)27-25(32)22-14-17-10-4-6-12-19(17)26-22/h1-14,21,26H,15H2,(H,27,32)(H,28,31)(H,29,30)/t21-/m1/s1. The van der Waals surface area contributed by atoms with Crippen molar-refractivity contribution in [3.63, 3.8) is 0 Å². The summed E-state index contributed by atoms with van der Waals surface area (Å²) in [5.41, 5.74) is 2.46. The van der Waals surface area contributed by atoms with Crippen LogP contribution >= 0.6 is 0 Å². The molecule has 7 nitrogen and oxygen atoms in total. The topological polar surface area (TPSA) is 111 Å².